The summed E-state index contributed by atoms with van der Waals surface area (Å²) in [6, 6.07) is 0. The Morgan fingerprint density at radius 3 is 1.31 bits per heavy atom. The molecular formula is C48H83NO6. The number of hydrogen-bond donors (Lipinski definition) is 0. The number of rotatable bonds is 35. The summed E-state index contributed by atoms with van der Waals surface area (Å²) in [5, 5.41) is 0. The molecule has 0 aromatic carbocycles. The summed E-state index contributed by atoms with van der Waals surface area (Å²) in [6.45, 7) is 8.36. The van der Waals surface area contributed by atoms with Crippen molar-refractivity contribution in [2.75, 3.05) is 40.0 Å². The molecule has 0 amide bonds. The van der Waals surface area contributed by atoms with Crippen LogP contribution in [0.2, 0.25) is 0 Å². The van der Waals surface area contributed by atoms with Crippen molar-refractivity contribution in [1.82, 2.24) is 4.90 Å². The van der Waals surface area contributed by atoms with E-state index in [1.807, 2.05) is 6.92 Å². The normalized spacial score (nSPS) is 15.4. The first-order valence-electron chi connectivity index (χ1n) is 22.6. The smallest absolute Gasteiger partial charge is 0.311 e. The number of carbonyl (C=O) groups excluding carboxylic acids is 3. The number of esters is 3. The van der Waals surface area contributed by atoms with Gasteiger partial charge in [0.05, 0.1) is 11.3 Å². The van der Waals surface area contributed by atoms with E-state index in [4.69, 9.17) is 14.2 Å². The van der Waals surface area contributed by atoms with Gasteiger partial charge in [-0.05, 0) is 117 Å². The van der Waals surface area contributed by atoms with Crippen LogP contribution in [0, 0.1) is 11.3 Å². The predicted molar refractivity (Wildman–Crippen MR) is 230 cm³/mol. The quantitative estimate of drug-likeness (QED) is 0.0275. The van der Waals surface area contributed by atoms with Crippen LogP contribution < -0.4 is 0 Å². The average Bonchev–Trinajstić information content (AvgIpc) is 3.18. The number of allylic oxidation sites excluding steroid dienone is 8. The number of likely N-dealkylation sites (tertiary alicyclic amines) is 1. The van der Waals surface area contributed by atoms with Gasteiger partial charge < -0.3 is 19.1 Å². The highest BCUT2D eigenvalue weighted by molar-refractivity contribution is 5.76. The van der Waals surface area contributed by atoms with E-state index < -0.39 is 5.41 Å². The molecule has 1 saturated heterocycles. The number of carbonyl (C=O) groups is 3. The van der Waals surface area contributed by atoms with Crippen LogP contribution in [0.15, 0.2) is 48.6 Å². The number of ether oxygens (including phenoxy) is 3. The first kappa shape index (κ1) is 50.3. The Kier molecular flexibility index (Phi) is 32.7. The molecule has 1 heterocycles. The van der Waals surface area contributed by atoms with Crippen molar-refractivity contribution >= 4 is 17.9 Å². The number of unbranched alkanes of at least 4 members (excludes halogenated alkanes) is 16. The van der Waals surface area contributed by atoms with Gasteiger partial charge in [-0.3, -0.25) is 14.4 Å². The number of piperidine rings is 1. The first-order valence-corrected chi connectivity index (χ1v) is 22.6. The number of nitrogens with zero attached hydrogens (tertiary/aromatic N) is 1. The molecular weight excluding hydrogens is 687 g/mol. The van der Waals surface area contributed by atoms with Crippen LogP contribution >= 0.6 is 0 Å². The van der Waals surface area contributed by atoms with Gasteiger partial charge in [-0.25, -0.2) is 0 Å². The van der Waals surface area contributed by atoms with Gasteiger partial charge in [0.25, 0.3) is 0 Å². The second-order valence-corrected chi connectivity index (χ2v) is 16.2. The fourth-order valence-electron chi connectivity index (χ4n) is 6.56. The highest BCUT2D eigenvalue weighted by atomic mass is 16.6. The standard InChI is InChI=1S/C48H83NO6/c1-5-7-9-11-13-15-17-19-21-23-25-27-29-31-33-35-45(50)53-41-44(43-55-47(52)48(3)37-39-49(4)40-38-48)42-54-46(51)36-34-32-30-28-26-24-22-20-18-16-14-12-10-8-6-2/h13-16,19-22,44H,5-12,17-18,23-43H2,1-4H3. The van der Waals surface area contributed by atoms with E-state index in [0.717, 1.165) is 103 Å². The third kappa shape index (κ3) is 30.2. The maximum atomic E-state index is 13.1. The minimum absolute atomic E-state index is 0.0677. The first-order chi connectivity index (χ1) is 26.8. The van der Waals surface area contributed by atoms with E-state index in [2.05, 4.69) is 74.4 Å². The van der Waals surface area contributed by atoms with Crippen LogP contribution in [-0.2, 0) is 28.6 Å². The molecule has 1 fully saturated rings. The zero-order valence-corrected chi connectivity index (χ0v) is 36.0. The highest BCUT2D eigenvalue weighted by Crippen LogP contribution is 2.32. The Bertz CT molecular complexity index is 1010. The zero-order valence-electron chi connectivity index (χ0n) is 36.0. The van der Waals surface area contributed by atoms with Crippen LogP contribution in [0.1, 0.15) is 188 Å². The molecule has 0 N–H and O–H groups in total. The predicted octanol–water partition coefficient (Wildman–Crippen LogP) is 12.6. The molecule has 0 radical (unpaired) electrons. The number of hydrogen-bond acceptors (Lipinski definition) is 7. The monoisotopic (exact) mass is 770 g/mol. The van der Waals surface area contributed by atoms with Gasteiger partial charge in [0.15, 0.2) is 0 Å². The summed E-state index contributed by atoms with van der Waals surface area (Å²) in [6.07, 6.45) is 45.3. The summed E-state index contributed by atoms with van der Waals surface area (Å²) < 4.78 is 17.0. The van der Waals surface area contributed by atoms with Crippen molar-refractivity contribution in [3.8, 4) is 0 Å². The second kappa shape index (κ2) is 35.7. The Morgan fingerprint density at radius 1 is 0.527 bits per heavy atom. The van der Waals surface area contributed by atoms with Crippen molar-refractivity contribution in [3.63, 3.8) is 0 Å². The molecule has 55 heavy (non-hydrogen) atoms. The van der Waals surface area contributed by atoms with E-state index in [9.17, 15) is 14.4 Å². The van der Waals surface area contributed by atoms with Crippen molar-refractivity contribution < 1.29 is 28.6 Å². The molecule has 0 spiro atoms. The molecule has 1 aliphatic rings. The zero-order chi connectivity index (χ0) is 40.1. The molecule has 1 aliphatic heterocycles. The summed E-state index contributed by atoms with van der Waals surface area (Å²) in [4.78, 5) is 40.5. The molecule has 0 atom stereocenters. The third-order valence-corrected chi connectivity index (χ3v) is 10.7. The van der Waals surface area contributed by atoms with E-state index in [0.29, 0.717) is 12.8 Å². The molecule has 0 bridgehead atoms. The molecule has 7 nitrogen and oxygen atoms in total. The van der Waals surface area contributed by atoms with E-state index in [-0.39, 0.29) is 43.6 Å². The van der Waals surface area contributed by atoms with Crippen molar-refractivity contribution in [1.29, 1.82) is 0 Å². The molecule has 0 aromatic heterocycles. The molecule has 0 aromatic rings. The Labute approximate surface area is 338 Å². The second-order valence-electron chi connectivity index (χ2n) is 16.2. The minimum atomic E-state index is -0.521. The molecule has 0 saturated carbocycles. The molecule has 0 unspecified atom stereocenters. The van der Waals surface area contributed by atoms with Gasteiger partial charge in [-0.15, -0.1) is 0 Å². The van der Waals surface area contributed by atoms with Crippen LogP contribution in [-0.4, -0.2) is 62.8 Å². The molecule has 316 valence electrons. The summed E-state index contributed by atoms with van der Waals surface area (Å²) in [5.41, 5.74) is -0.521. The lowest BCUT2D eigenvalue weighted by Gasteiger charge is -2.36. The average molecular weight is 770 g/mol. The van der Waals surface area contributed by atoms with Crippen LogP contribution in [0.5, 0.6) is 0 Å². The summed E-state index contributed by atoms with van der Waals surface area (Å²) >= 11 is 0. The van der Waals surface area contributed by atoms with Crippen LogP contribution in [0.3, 0.4) is 0 Å². The maximum absolute atomic E-state index is 13.1. The molecule has 1 rings (SSSR count). The van der Waals surface area contributed by atoms with Crippen LogP contribution in [0.4, 0.5) is 0 Å². The highest BCUT2D eigenvalue weighted by Gasteiger charge is 2.38. The Hall–Kier alpha value is -2.67. The third-order valence-electron chi connectivity index (χ3n) is 10.7. The van der Waals surface area contributed by atoms with Crippen molar-refractivity contribution in [2.45, 2.75) is 188 Å². The largest absolute Gasteiger partial charge is 0.465 e. The van der Waals surface area contributed by atoms with Gasteiger partial charge in [-0.2, -0.15) is 0 Å². The summed E-state index contributed by atoms with van der Waals surface area (Å²) in [7, 11) is 2.06. The lowest BCUT2D eigenvalue weighted by molar-refractivity contribution is -0.162. The van der Waals surface area contributed by atoms with Crippen LogP contribution in [0.25, 0.3) is 0 Å². The van der Waals surface area contributed by atoms with Gasteiger partial charge in [0, 0.05) is 12.8 Å². The lowest BCUT2D eigenvalue weighted by Crippen LogP contribution is -2.42. The Balaban J connectivity index is 2.31. The molecule has 7 heteroatoms. The fourth-order valence-corrected chi connectivity index (χ4v) is 6.56. The molecule has 0 aliphatic carbocycles. The van der Waals surface area contributed by atoms with Gasteiger partial charge in [0.1, 0.15) is 19.8 Å². The topological polar surface area (TPSA) is 82.1 Å². The van der Waals surface area contributed by atoms with E-state index in [1.165, 1.54) is 64.2 Å². The minimum Gasteiger partial charge on any atom is -0.465 e. The van der Waals surface area contributed by atoms with Gasteiger partial charge >= 0.3 is 17.9 Å². The van der Waals surface area contributed by atoms with Crippen molar-refractivity contribution in [2.24, 2.45) is 11.3 Å². The SMILES string of the molecule is CCCCCC=CCC=CCCCCCCCC(=O)OCC(COC(=O)CCCCCCCC=CCC=CCCCCC)COC(=O)C1(C)CCN(C)CC1. The van der Waals surface area contributed by atoms with E-state index >= 15 is 0 Å². The summed E-state index contributed by atoms with van der Waals surface area (Å²) in [5.74, 6) is -1.11. The Morgan fingerprint density at radius 2 is 0.891 bits per heavy atom. The van der Waals surface area contributed by atoms with Crippen molar-refractivity contribution in [3.05, 3.63) is 48.6 Å². The lowest BCUT2D eigenvalue weighted by atomic mass is 9.80. The maximum Gasteiger partial charge on any atom is 0.311 e. The van der Waals surface area contributed by atoms with Gasteiger partial charge in [-0.1, -0.05) is 127 Å². The van der Waals surface area contributed by atoms with E-state index in [1.54, 1.807) is 0 Å². The van der Waals surface area contributed by atoms with Gasteiger partial charge in [0.2, 0.25) is 0 Å². The fraction of sp³-hybridized carbons (Fsp3) is 0.771.